The van der Waals surface area contributed by atoms with Crippen LogP contribution in [0.15, 0.2) is 23.1 Å². The van der Waals surface area contributed by atoms with Crippen LogP contribution in [0.5, 0.6) is 0 Å². The van der Waals surface area contributed by atoms with Crippen LogP contribution in [-0.4, -0.2) is 38.6 Å². The lowest BCUT2D eigenvalue weighted by molar-refractivity contribution is -0.121. The van der Waals surface area contributed by atoms with Crippen molar-refractivity contribution in [2.24, 2.45) is 0 Å². The molecule has 0 atom stereocenters. The van der Waals surface area contributed by atoms with Gasteiger partial charge in [-0.3, -0.25) is 9.59 Å². The molecular weight excluding hydrogens is 340 g/mol. The molecule has 0 unspecified atom stereocenters. The van der Waals surface area contributed by atoms with Gasteiger partial charge in [0.15, 0.2) is 9.84 Å². The number of benzene rings is 1. The average molecular weight is 364 g/mol. The van der Waals surface area contributed by atoms with E-state index >= 15 is 0 Å². The van der Waals surface area contributed by atoms with Crippen molar-refractivity contribution in [3.8, 4) is 0 Å². The summed E-state index contributed by atoms with van der Waals surface area (Å²) in [7, 11) is -3.51. The molecule has 1 saturated carbocycles. The summed E-state index contributed by atoms with van der Waals surface area (Å²) >= 11 is 0. The van der Waals surface area contributed by atoms with Crippen molar-refractivity contribution < 1.29 is 18.0 Å². The van der Waals surface area contributed by atoms with E-state index in [9.17, 15) is 18.0 Å². The van der Waals surface area contributed by atoms with Gasteiger partial charge < -0.3 is 10.2 Å². The summed E-state index contributed by atoms with van der Waals surface area (Å²) in [5.74, 6) is -0.432. The molecule has 0 radical (unpaired) electrons. The fourth-order valence-electron chi connectivity index (χ4n) is 3.61. The monoisotopic (exact) mass is 364 g/mol. The minimum absolute atomic E-state index is 0.0184. The van der Waals surface area contributed by atoms with E-state index in [-0.39, 0.29) is 34.9 Å². The number of nitrogens with zero attached hydrogens (tertiary/aromatic N) is 1. The Hall–Kier alpha value is -1.89. The van der Waals surface area contributed by atoms with Crippen LogP contribution in [-0.2, 0) is 25.8 Å². The van der Waals surface area contributed by atoms with Gasteiger partial charge >= 0.3 is 0 Å². The van der Waals surface area contributed by atoms with E-state index in [1.54, 1.807) is 17.0 Å². The molecule has 0 saturated heterocycles. The molecule has 2 aliphatic rings. The van der Waals surface area contributed by atoms with E-state index in [4.69, 9.17) is 0 Å². The van der Waals surface area contributed by atoms with Gasteiger partial charge in [0.05, 0.1) is 10.6 Å². The molecule has 25 heavy (non-hydrogen) atoms. The van der Waals surface area contributed by atoms with Crippen LogP contribution in [0.4, 0.5) is 5.69 Å². The van der Waals surface area contributed by atoms with E-state index in [1.807, 2.05) is 0 Å². The molecular formula is C18H24N2O4S. The third-order valence-electron chi connectivity index (χ3n) is 5.00. The SMILES string of the molecule is CC(=O)N1CCc2cc(S(=O)(=O)CCC(=O)NC3CCCC3)ccc21. The largest absolute Gasteiger partial charge is 0.353 e. The molecule has 7 heteroatoms. The minimum atomic E-state index is -3.51. The van der Waals surface area contributed by atoms with Crippen molar-refractivity contribution in [1.29, 1.82) is 0 Å². The number of rotatable bonds is 5. The van der Waals surface area contributed by atoms with Crippen LogP contribution in [0.1, 0.15) is 44.6 Å². The summed E-state index contributed by atoms with van der Waals surface area (Å²) in [4.78, 5) is 25.4. The van der Waals surface area contributed by atoms with Crippen LogP contribution < -0.4 is 10.2 Å². The van der Waals surface area contributed by atoms with Gasteiger partial charge in [-0.05, 0) is 43.0 Å². The third kappa shape index (κ3) is 4.03. The molecule has 1 heterocycles. The maximum Gasteiger partial charge on any atom is 0.223 e. The Labute approximate surface area is 148 Å². The van der Waals surface area contributed by atoms with Crippen molar-refractivity contribution in [3.05, 3.63) is 23.8 Å². The van der Waals surface area contributed by atoms with Crippen molar-refractivity contribution in [2.75, 3.05) is 17.2 Å². The second-order valence-corrected chi connectivity index (χ2v) is 8.94. The zero-order valence-electron chi connectivity index (χ0n) is 14.5. The van der Waals surface area contributed by atoms with Crippen LogP contribution in [0, 0.1) is 0 Å². The van der Waals surface area contributed by atoms with E-state index in [0.29, 0.717) is 13.0 Å². The number of amides is 2. The fourth-order valence-corrected chi connectivity index (χ4v) is 4.90. The lowest BCUT2D eigenvalue weighted by Crippen LogP contribution is -2.33. The molecule has 1 aromatic rings. The topological polar surface area (TPSA) is 83.6 Å². The van der Waals surface area contributed by atoms with Crippen LogP contribution in [0.25, 0.3) is 0 Å². The van der Waals surface area contributed by atoms with Gasteiger partial charge in [-0.15, -0.1) is 0 Å². The highest BCUT2D eigenvalue weighted by Crippen LogP contribution is 2.30. The van der Waals surface area contributed by atoms with Gasteiger partial charge in [0.2, 0.25) is 11.8 Å². The summed E-state index contributed by atoms with van der Waals surface area (Å²) in [6.45, 7) is 2.08. The number of anilines is 1. The molecule has 0 spiro atoms. The molecule has 0 aromatic heterocycles. The molecule has 1 aromatic carbocycles. The average Bonchev–Trinajstić information content (AvgIpc) is 3.21. The van der Waals surface area contributed by atoms with Crippen molar-refractivity contribution in [1.82, 2.24) is 5.32 Å². The van der Waals surface area contributed by atoms with Gasteiger partial charge in [0, 0.05) is 31.6 Å². The normalized spacial score (nSPS) is 17.6. The number of nitrogens with one attached hydrogen (secondary N) is 1. The van der Waals surface area contributed by atoms with Crippen molar-refractivity contribution in [2.45, 2.75) is 56.4 Å². The van der Waals surface area contributed by atoms with Gasteiger partial charge in [0.1, 0.15) is 0 Å². The molecule has 6 nitrogen and oxygen atoms in total. The molecule has 2 amide bonds. The highest BCUT2D eigenvalue weighted by atomic mass is 32.2. The number of carbonyl (C=O) groups is 2. The quantitative estimate of drug-likeness (QED) is 0.864. The van der Waals surface area contributed by atoms with Gasteiger partial charge in [-0.1, -0.05) is 12.8 Å². The van der Waals surface area contributed by atoms with Crippen LogP contribution in [0.2, 0.25) is 0 Å². The van der Waals surface area contributed by atoms with Gasteiger partial charge in [-0.25, -0.2) is 8.42 Å². The zero-order chi connectivity index (χ0) is 18.0. The molecule has 1 N–H and O–H groups in total. The number of hydrogen-bond donors (Lipinski definition) is 1. The molecule has 1 aliphatic heterocycles. The van der Waals surface area contributed by atoms with E-state index in [0.717, 1.165) is 36.9 Å². The summed E-state index contributed by atoms with van der Waals surface area (Å²) in [6, 6.07) is 5.06. The number of sulfone groups is 1. The highest BCUT2D eigenvalue weighted by molar-refractivity contribution is 7.91. The first-order chi connectivity index (χ1) is 11.9. The van der Waals surface area contributed by atoms with E-state index in [1.165, 1.54) is 13.0 Å². The summed E-state index contributed by atoms with van der Waals surface area (Å²) in [5.41, 5.74) is 1.65. The smallest absolute Gasteiger partial charge is 0.223 e. The fraction of sp³-hybridized carbons (Fsp3) is 0.556. The molecule has 0 bridgehead atoms. The molecule has 3 rings (SSSR count). The second kappa shape index (κ2) is 7.15. The Bertz CT molecular complexity index is 782. The molecule has 1 aliphatic carbocycles. The highest BCUT2D eigenvalue weighted by Gasteiger charge is 2.25. The van der Waals surface area contributed by atoms with E-state index < -0.39 is 9.84 Å². The lowest BCUT2D eigenvalue weighted by atomic mass is 10.2. The minimum Gasteiger partial charge on any atom is -0.353 e. The first-order valence-corrected chi connectivity index (χ1v) is 10.5. The lowest BCUT2D eigenvalue weighted by Gasteiger charge is -2.15. The number of carbonyl (C=O) groups excluding carboxylic acids is 2. The van der Waals surface area contributed by atoms with Crippen molar-refractivity contribution in [3.63, 3.8) is 0 Å². The molecule has 136 valence electrons. The summed E-state index contributed by atoms with van der Waals surface area (Å²) in [6.07, 6.45) is 4.84. The maximum atomic E-state index is 12.5. The maximum absolute atomic E-state index is 12.5. The van der Waals surface area contributed by atoms with Gasteiger partial charge in [0.25, 0.3) is 0 Å². The standard InChI is InChI=1S/C18H24N2O4S/c1-13(21)20-10-8-14-12-16(6-7-17(14)20)25(23,24)11-9-18(22)19-15-4-2-3-5-15/h6-7,12,15H,2-5,8-11H2,1H3,(H,19,22). The Morgan fingerprint density at radius 2 is 1.96 bits per heavy atom. The first kappa shape index (κ1) is 17.9. The summed E-state index contributed by atoms with van der Waals surface area (Å²) < 4.78 is 25.1. The van der Waals surface area contributed by atoms with Crippen molar-refractivity contribution >= 4 is 27.3 Å². The van der Waals surface area contributed by atoms with E-state index in [2.05, 4.69) is 5.32 Å². The zero-order valence-corrected chi connectivity index (χ0v) is 15.3. The predicted molar refractivity (Wildman–Crippen MR) is 95.2 cm³/mol. The Morgan fingerprint density at radius 1 is 1.24 bits per heavy atom. The number of fused-ring (bicyclic) bond motifs is 1. The van der Waals surface area contributed by atoms with Crippen LogP contribution in [0.3, 0.4) is 0 Å². The third-order valence-corrected chi connectivity index (χ3v) is 6.72. The van der Waals surface area contributed by atoms with Crippen LogP contribution >= 0.6 is 0 Å². The second-order valence-electron chi connectivity index (χ2n) is 6.83. The Morgan fingerprint density at radius 3 is 2.64 bits per heavy atom. The molecule has 1 fully saturated rings. The predicted octanol–water partition coefficient (Wildman–Crippen LogP) is 1.82. The Kier molecular flexibility index (Phi) is 5.13. The summed E-state index contributed by atoms with van der Waals surface area (Å²) in [5, 5.41) is 2.92. The van der Waals surface area contributed by atoms with Gasteiger partial charge in [-0.2, -0.15) is 0 Å². The Balaban J connectivity index is 1.64. The number of hydrogen-bond acceptors (Lipinski definition) is 4. The first-order valence-electron chi connectivity index (χ1n) is 8.80.